The van der Waals surface area contributed by atoms with Crippen LogP contribution in [0.2, 0.25) is 0 Å². The van der Waals surface area contributed by atoms with E-state index in [0.29, 0.717) is 6.54 Å². The molecule has 0 unspecified atom stereocenters. The molecule has 0 aliphatic carbocycles. The van der Waals surface area contributed by atoms with Crippen LogP contribution in [0.15, 0.2) is 24.3 Å². The quantitative estimate of drug-likeness (QED) is 0.813. The first-order chi connectivity index (χ1) is 10.7. The Morgan fingerprint density at radius 2 is 2.18 bits per heavy atom. The van der Waals surface area contributed by atoms with Gasteiger partial charge in [0, 0.05) is 19.2 Å². The average molecular weight is 306 g/mol. The Bertz CT molecular complexity index is 455. The van der Waals surface area contributed by atoms with E-state index in [1.807, 2.05) is 19.1 Å². The molecule has 2 amide bonds. The van der Waals surface area contributed by atoms with Crippen molar-refractivity contribution < 1.29 is 14.3 Å². The minimum Gasteiger partial charge on any atom is -0.497 e. The smallest absolute Gasteiger partial charge is 0.315 e. The Morgan fingerprint density at radius 1 is 1.41 bits per heavy atom. The van der Waals surface area contributed by atoms with Crippen molar-refractivity contribution in [3.8, 4) is 5.75 Å². The molecular formula is C17H26N2O3. The minimum atomic E-state index is -0.113. The van der Waals surface area contributed by atoms with Gasteiger partial charge in [0.2, 0.25) is 0 Å². The molecule has 0 saturated carbocycles. The highest BCUT2D eigenvalue weighted by molar-refractivity contribution is 5.74. The molecule has 2 atom stereocenters. The highest BCUT2D eigenvalue weighted by Gasteiger charge is 2.16. The highest BCUT2D eigenvalue weighted by atomic mass is 16.5. The van der Waals surface area contributed by atoms with Crippen LogP contribution < -0.4 is 15.4 Å². The summed E-state index contributed by atoms with van der Waals surface area (Å²) in [6, 6.07) is 8.06. The largest absolute Gasteiger partial charge is 0.497 e. The van der Waals surface area contributed by atoms with Crippen molar-refractivity contribution in [1.82, 2.24) is 10.6 Å². The second-order valence-electron chi connectivity index (χ2n) is 5.78. The molecule has 122 valence electrons. The molecular weight excluding hydrogens is 280 g/mol. The van der Waals surface area contributed by atoms with Gasteiger partial charge in [0.15, 0.2) is 0 Å². The SMILES string of the molecule is COc1ccc(CC[C@@H](C)NC(=O)NC[C@@H]2CCCO2)cc1. The van der Waals surface area contributed by atoms with Crippen molar-refractivity contribution in [1.29, 1.82) is 0 Å². The van der Waals surface area contributed by atoms with Crippen molar-refractivity contribution >= 4 is 6.03 Å². The lowest BCUT2D eigenvalue weighted by Gasteiger charge is -2.16. The molecule has 22 heavy (non-hydrogen) atoms. The van der Waals surface area contributed by atoms with Crippen LogP contribution in [0.3, 0.4) is 0 Å². The van der Waals surface area contributed by atoms with Crippen LogP contribution in [0.5, 0.6) is 5.75 Å². The molecule has 1 fully saturated rings. The molecule has 0 spiro atoms. The third kappa shape index (κ3) is 5.56. The zero-order chi connectivity index (χ0) is 15.8. The first kappa shape index (κ1) is 16.6. The Hall–Kier alpha value is -1.75. The van der Waals surface area contributed by atoms with Crippen molar-refractivity contribution in [3.05, 3.63) is 29.8 Å². The molecule has 2 N–H and O–H groups in total. The summed E-state index contributed by atoms with van der Waals surface area (Å²) in [6.07, 6.45) is 4.14. The number of ether oxygens (including phenoxy) is 2. The van der Waals surface area contributed by atoms with E-state index in [1.165, 1.54) is 5.56 Å². The first-order valence-electron chi connectivity index (χ1n) is 7.96. The van der Waals surface area contributed by atoms with E-state index in [9.17, 15) is 4.79 Å². The number of methoxy groups -OCH3 is 1. The number of carbonyl (C=O) groups is 1. The Kier molecular flexibility index (Phi) is 6.52. The fraction of sp³-hybridized carbons (Fsp3) is 0.588. The lowest BCUT2D eigenvalue weighted by atomic mass is 10.1. The second-order valence-corrected chi connectivity index (χ2v) is 5.78. The minimum absolute atomic E-state index is 0.113. The van der Waals surface area contributed by atoms with Gasteiger partial charge in [-0.25, -0.2) is 4.79 Å². The fourth-order valence-electron chi connectivity index (χ4n) is 2.53. The van der Waals surface area contributed by atoms with Gasteiger partial charge >= 0.3 is 6.03 Å². The van der Waals surface area contributed by atoms with Gasteiger partial charge in [-0.15, -0.1) is 0 Å². The van der Waals surface area contributed by atoms with Crippen LogP contribution in [0, 0.1) is 0 Å². The highest BCUT2D eigenvalue weighted by Crippen LogP contribution is 2.13. The molecule has 1 aliphatic rings. The predicted octanol–water partition coefficient (Wildman–Crippen LogP) is 2.49. The predicted molar refractivity (Wildman–Crippen MR) is 86.3 cm³/mol. The number of nitrogens with one attached hydrogen (secondary N) is 2. The summed E-state index contributed by atoms with van der Waals surface area (Å²) in [7, 11) is 1.66. The maximum Gasteiger partial charge on any atom is 0.315 e. The summed E-state index contributed by atoms with van der Waals surface area (Å²) in [5.41, 5.74) is 1.24. The Labute approximate surface area is 132 Å². The summed E-state index contributed by atoms with van der Waals surface area (Å²) in [6.45, 7) is 3.43. The lowest BCUT2D eigenvalue weighted by Crippen LogP contribution is -2.43. The Morgan fingerprint density at radius 3 is 2.82 bits per heavy atom. The summed E-state index contributed by atoms with van der Waals surface area (Å²) in [5, 5.41) is 5.84. The van der Waals surface area contributed by atoms with Gasteiger partial charge in [-0.3, -0.25) is 0 Å². The van der Waals surface area contributed by atoms with Gasteiger partial charge in [-0.1, -0.05) is 12.1 Å². The van der Waals surface area contributed by atoms with E-state index in [0.717, 1.165) is 38.0 Å². The molecule has 1 aliphatic heterocycles. The van der Waals surface area contributed by atoms with Gasteiger partial charge in [-0.2, -0.15) is 0 Å². The molecule has 0 aromatic heterocycles. The van der Waals surface area contributed by atoms with Crippen molar-refractivity contribution in [2.75, 3.05) is 20.3 Å². The number of benzene rings is 1. The van der Waals surface area contributed by atoms with Gasteiger partial charge in [0.25, 0.3) is 0 Å². The van der Waals surface area contributed by atoms with Crippen LogP contribution >= 0.6 is 0 Å². The number of hydrogen-bond donors (Lipinski definition) is 2. The van der Waals surface area contributed by atoms with Crippen LogP contribution in [0.1, 0.15) is 31.7 Å². The molecule has 1 heterocycles. The van der Waals surface area contributed by atoms with Crippen LogP contribution in [0.4, 0.5) is 4.79 Å². The summed E-state index contributed by atoms with van der Waals surface area (Å²) in [5.74, 6) is 0.864. The van der Waals surface area contributed by atoms with E-state index in [2.05, 4.69) is 22.8 Å². The van der Waals surface area contributed by atoms with Crippen molar-refractivity contribution in [2.24, 2.45) is 0 Å². The number of amides is 2. The van der Waals surface area contributed by atoms with Gasteiger partial charge < -0.3 is 20.1 Å². The third-order valence-corrected chi connectivity index (χ3v) is 3.92. The normalized spacial score (nSPS) is 18.7. The number of carbonyl (C=O) groups excluding carboxylic acids is 1. The van der Waals surface area contributed by atoms with E-state index >= 15 is 0 Å². The summed E-state index contributed by atoms with van der Waals surface area (Å²) < 4.78 is 10.6. The molecule has 5 heteroatoms. The first-order valence-corrected chi connectivity index (χ1v) is 7.96. The number of urea groups is 1. The standard InChI is InChI=1S/C17H26N2O3/c1-13(5-6-14-7-9-15(21-2)10-8-14)19-17(20)18-12-16-4-3-11-22-16/h7-10,13,16H,3-6,11-12H2,1-2H3,(H2,18,19,20)/t13-,16+/m1/s1. The lowest BCUT2D eigenvalue weighted by molar-refractivity contribution is 0.111. The van der Waals surface area contributed by atoms with Crippen LogP contribution in [-0.2, 0) is 11.2 Å². The molecule has 1 saturated heterocycles. The average Bonchev–Trinajstić information content (AvgIpc) is 3.05. The summed E-state index contributed by atoms with van der Waals surface area (Å²) >= 11 is 0. The van der Waals surface area contributed by atoms with E-state index in [4.69, 9.17) is 9.47 Å². The van der Waals surface area contributed by atoms with E-state index in [-0.39, 0.29) is 18.2 Å². The zero-order valence-electron chi connectivity index (χ0n) is 13.4. The van der Waals surface area contributed by atoms with Crippen molar-refractivity contribution in [3.63, 3.8) is 0 Å². The molecule has 2 rings (SSSR count). The van der Waals surface area contributed by atoms with E-state index < -0.39 is 0 Å². The third-order valence-electron chi connectivity index (χ3n) is 3.92. The molecule has 5 nitrogen and oxygen atoms in total. The van der Waals surface area contributed by atoms with Crippen molar-refractivity contribution in [2.45, 2.75) is 44.8 Å². The van der Waals surface area contributed by atoms with Gasteiger partial charge in [0.1, 0.15) is 5.75 Å². The van der Waals surface area contributed by atoms with Crippen LogP contribution in [0.25, 0.3) is 0 Å². The molecule has 1 aromatic rings. The summed E-state index contributed by atoms with van der Waals surface area (Å²) in [4.78, 5) is 11.8. The second kappa shape index (κ2) is 8.63. The monoisotopic (exact) mass is 306 g/mol. The maximum absolute atomic E-state index is 11.8. The molecule has 1 aromatic carbocycles. The number of hydrogen-bond acceptors (Lipinski definition) is 3. The van der Waals surface area contributed by atoms with Gasteiger partial charge in [0.05, 0.1) is 13.2 Å². The van der Waals surface area contributed by atoms with Crippen LogP contribution in [-0.4, -0.2) is 38.4 Å². The molecule has 0 bridgehead atoms. The topological polar surface area (TPSA) is 59.6 Å². The maximum atomic E-state index is 11.8. The number of rotatable bonds is 7. The fourth-order valence-corrected chi connectivity index (χ4v) is 2.53. The molecule has 0 radical (unpaired) electrons. The van der Waals surface area contributed by atoms with E-state index in [1.54, 1.807) is 7.11 Å². The zero-order valence-corrected chi connectivity index (χ0v) is 13.4. The van der Waals surface area contributed by atoms with Gasteiger partial charge in [-0.05, 0) is 50.3 Å². The Balaban J connectivity index is 1.63. The number of aryl methyl sites for hydroxylation is 1.